The van der Waals surface area contributed by atoms with Gasteiger partial charge in [0.2, 0.25) is 5.91 Å². The summed E-state index contributed by atoms with van der Waals surface area (Å²) in [6, 6.07) is 6.83. The summed E-state index contributed by atoms with van der Waals surface area (Å²) in [5, 5.41) is 6.21. The Bertz CT molecular complexity index is 522. The zero-order chi connectivity index (χ0) is 15.3. The predicted molar refractivity (Wildman–Crippen MR) is 81.2 cm³/mol. The first-order valence-corrected chi connectivity index (χ1v) is 7.32. The molecular weight excluding hydrogens is 268 g/mol. The Morgan fingerprint density at radius 2 is 2.24 bits per heavy atom. The van der Waals surface area contributed by atoms with E-state index in [4.69, 9.17) is 4.74 Å². The van der Waals surface area contributed by atoms with Crippen LogP contribution in [0.25, 0.3) is 0 Å². The zero-order valence-electron chi connectivity index (χ0n) is 12.6. The zero-order valence-corrected chi connectivity index (χ0v) is 12.6. The summed E-state index contributed by atoms with van der Waals surface area (Å²) < 4.78 is 4.69. The molecule has 1 heterocycles. The molecule has 21 heavy (non-hydrogen) atoms. The number of hydrogen-bond donors (Lipinski definition) is 2. The highest BCUT2D eigenvalue weighted by molar-refractivity contribution is 5.97. The van der Waals surface area contributed by atoms with Crippen LogP contribution in [0.5, 0.6) is 0 Å². The smallest absolute Gasteiger partial charge is 0.337 e. The molecule has 1 unspecified atom stereocenters. The van der Waals surface area contributed by atoms with Gasteiger partial charge < -0.3 is 15.4 Å². The molecule has 5 nitrogen and oxygen atoms in total. The second kappa shape index (κ2) is 6.72. The van der Waals surface area contributed by atoms with Gasteiger partial charge in [0.25, 0.3) is 0 Å². The van der Waals surface area contributed by atoms with Gasteiger partial charge in [0.1, 0.15) is 0 Å². The van der Waals surface area contributed by atoms with E-state index in [1.165, 1.54) is 7.11 Å². The van der Waals surface area contributed by atoms with E-state index in [0.717, 1.165) is 25.8 Å². The number of carbonyl (C=O) groups excluding carboxylic acids is 2. The largest absolute Gasteiger partial charge is 0.465 e. The number of benzene rings is 1. The van der Waals surface area contributed by atoms with Crippen LogP contribution in [0, 0.1) is 5.41 Å². The summed E-state index contributed by atoms with van der Waals surface area (Å²) in [6.45, 7) is 3.67. The maximum Gasteiger partial charge on any atom is 0.337 e. The van der Waals surface area contributed by atoms with Crippen LogP contribution in [0.15, 0.2) is 24.3 Å². The molecular formula is C16H22N2O3. The summed E-state index contributed by atoms with van der Waals surface area (Å²) in [5.41, 5.74) is 0.727. The molecule has 5 heteroatoms. The number of rotatable bonds is 5. The van der Waals surface area contributed by atoms with Crippen LogP contribution in [0.1, 0.15) is 36.5 Å². The highest BCUT2D eigenvalue weighted by Gasteiger charge is 2.40. The monoisotopic (exact) mass is 290 g/mol. The molecule has 1 aromatic rings. The van der Waals surface area contributed by atoms with Crippen LogP contribution in [-0.2, 0) is 9.53 Å². The van der Waals surface area contributed by atoms with Crippen LogP contribution >= 0.6 is 0 Å². The number of carbonyl (C=O) groups is 2. The van der Waals surface area contributed by atoms with Crippen molar-refractivity contribution < 1.29 is 14.3 Å². The summed E-state index contributed by atoms with van der Waals surface area (Å²) in [7, 11) is 1.34. The first kappa shape index (κ1) is 15.5. The fourth-order valence-electron chi connectivity index (χ4n) is 2.85. The molecule has 1 atom stereocenters. The molecule has 0 radical (unpaired) electrons. The minimum atomic E-state index is -0.406. The number of anilines is 1. The Hall–Kier alpha value is -1.88. The van der Waals surface area contributed by atoms with E-state index < -0.39 is 5.97 Å². The lowest BCUT2D eigenvalue weighted by Gasteiger charge is -2.26. The van der Waals surface area contributed by atoms with Crippen molar-refractivity contribution in [3.63, 3.8) is 0 Å². The molecule has 2 rings (SSSR count). The first-order chi connectivity index (χ1) is 10.1. The third kappa shape index (κ3) is 3.42. The number of ether oxygens (including phenoxy) is 1. The van der Waals surface area contributed by atoms with Crippen LogP contribution in [0.3, 0.4) is 0 Å². The van der Waals surface area contributed by atoms with E-state index >= 15 is 0 Å². The fourth-order valence-corrected chi connectivity index (χ4v) is 2.85. The number of methoxy groups -OCH3 is 1. The van der Waals surface area contributed by atoms with Gasteiger partial charge >= 0.3 is 5.97 Å². The molecule has 1 amide bonds. The second-order valence-corrected chi connectivity index (χ2v) is 5.48. The van der Waals surface area contributed by atoms with Crippen molar-refractivity contribution in [2.75, 3.05) is 25.5 Å². The van der Waals surface area contributed by atoms with Crippen molar-refractivity contribution >= 4 is 17.6 Å². The number of nitrogens with one attached hydrogen (secondary N) is 2. The van der Waals surface area contributed by atoms with Gasteiger partial charge in [-0.3, -0.25) is 4.79 Å². The van der Waals surface area contributed by atoms with E-state index in [9.17, 15) is 9.59 Å². The molecule has 1 saturated heterocycles. The van der Waals surface area contributed by atoms with E-state index in [0.29, 0.717) is 17.8 Å². The normalized spacial score (nSPS) is 21.0. The van der Waals surface area contributed by atoms with E-state index in [1.807, 2.05) is 0 Å². The van der Waals surface area contributed by atoms with E-state index in [1.54, 1.807) is 24.3 Å². The van der Waals surface area contributed by atoms with Crippen LogP contribution in [0.2, 0.25) is 0 Å². The van der Waals surface area contributed by atoms with Gasteiger partial charge in [0.15, 0.2) is 0 Å². The van der Waals surface area contributed by atoms with Crippen molar-refractivity contribution in [3.05, 3.63) is 29.8 Å². The average Bonchev–Trinajstić information content (AvgIpc) is 2.97. The molecule has 114 valence electrons. The van der Waals surface area contributed by atoms with Gasteiger partial charge in [-0.1, -0.05) is 19.4 Å². The van der Waals surface area contributed by atoms with Gasteiger partial charge in [-0.15, -0.1) is 0 Å². The van der Waals surface area contributed by atoms with Crippen molar-refractivity contribution in [2.45, 2.75) is 26.2 Å². The summed E-state index contributed by atoms with van der Waals surface area (Å²) in [6.07, 6.45) is 2.68. The average molecular weight is 290 g/mol. The Balaban J connectivity index is 2.13. The van der Waals surface area contributed by atoms with Gasteiger partial charge in [-0.05, 0) is 37.6 Å². The summed E-state index contributed by atoms with van der Waals surface area (Å²) in [4.78, 5) is 24.1. The van der Waals surface area contributed by atoms with Crippen molar-refractivity contribution in [1.82, 2.24) is 5.32 Å². The Morgan fingerprint density at radius 1 is 1.43 bits per heavy atom. The van der Waals surface area contributed by atoms with Crippen LogP contribution < -0.4 is 10.6 Å². The fraction of sp³-hybridized carbons (Fsp3) is 0.500. The standard InChI is InChI=1S/C16H22N2O3/c1-3-7-16(8-9-17-11-16)15(20)18-13-6-4-5-12(10-13)14(19)21-2/h4-6,10,17H,3,7-9,11H2,1-2H3,(H,18,20). The highest BCUT2D eigenvalue weighted by Crippen LogP contribution is 2.32. The van der Waals surface area contributed by atoms with E-state index in [2.05, 4.69) is 17.6 Å². The van der Waals surface area contributed by atoms with E-state index in [-0.39, 0.29) is 11.3 Å². The summed E-state index contributed by atoms with van der Waals surface area (Å²) >= 11 is 0. The van der Waals surface area contributed by atoms with Crippen molar-refractivity contribution in [3.8, 4) is 0 Å². The minimum Gasteiger partial charge on any atom is -0.465 e. The molecule has 1 fully saturated rings. The van der Waals surface area contributed by atoms with Crippen LogP contribution in [-0.4, -0.2) is 32.1 Å². The Labute approximate surface area is 125 Å². The molecule has 0 bridgehead atoms. The van der Waals surface area contributed by atoms with Crippen molar-refractivity contribution in [1.29, 1.82) is 0 Å². The lowest BCUT2D eigenvalue weighted by atomic mass is 9.81. The molecule has 2 N–H and O–H groups in total. The van der Waals surface area contributed by atoms with Crippen molar-refractivity contribution in [2.24, 2.45) is 5.41 Å². The maximum absolute atomic E-state index is 12.6. The number of hydrogen-bond acceptors (Lipinski definition) is 4. The Kier molecular flexibility index (Phi) is 4.96. The quantitative estimate of drug-likeness (QED) is 0.816. The molecule has 1 aromatic carbocycles. The lowest BCUT2D eigenvalue weighted by Crippen LogP contribution is -2.38. The highest BCUT2D eigenvalue weighted by atomic mass is 16.5. The maximum atomic E-state index is 12.6. The Morgan fingerprint density at radius 3 is 2.86 bits per heavy atom. The van der Waals surface area contributed by atoms with Gasteiger partial charge in [-0.25, -0.2) is 4.79 Å². The van der Waals surface area contributed by atoms with Gasteiger partial charge in [-0.2, -0.15) is 0 Å². The molecule has 0 spiro atoms. The third-order valence-corrected chi connectivity index (χ3v) is 4.00. The molecule has 1 aliphatic rings. The minimum absolute atomic E-state index is 0.0244. The molecule has 0 aliphatic carbocycles. The number of amides is 1. The number of esters is 1. The predicted octanol–water partition coefficient (Wildman–Crippen LogP) is 2.19. The first-order valence-electron chi connectivity index (χ1n) is 7.32. The molecule has 0 aromatic heterocycles. The SMILES string of the molecule is CCCC1(C(=O)Nc2cccc(C(=O)OC)c2)CCNC1. The third-order valence-electron chi connectivity index (χ3n) is 4.00. The second-order valence-electron chi connectivity index (χ2n) is 5.48. The molecule has 1 aliphatic heterocycles. The van der Waals surface area contributed by atoms with Crippen LogP contribution in [0.4, 0.5) is 5.69 Å². The molecule has 0 saturated carbocycles. The lowest BCUT2D eigenvalue weighted by molar-refractivity contribution is -0.125. The topological polar surface area (TPSA) is 67.4 Å². The summed E-state index contributed by atoms with van der Waals surface area (Å²) in [5.74, 6) is -0.381. The van der Waals surface area contributed by atoms with Gasteiger partial charge in [0.05, 0.1) is 18.1 Å². The van der Waals surface area contributed by atoms with Gasteiger partial charge in [0, 0.05) is 12.2 Å².